The van der Waals surface area contributed by atoms with Gasteiger partial charge in [0.2, 0.25) is 5.91 Å². The molecule has 0 fully saturated rings. The highest BCUT2D eigenvalue weighted by molar-refractivity contribution is 5.84. The predicted octanol–water partition coefficient (Wildman–Crippen LogP) is 1.87. The minimum Gasteiger partial charge on any atom is -0.383 e. The standard InChI is InChI=1S/C14H19NO2/c1-17-10-9-15-14(16)13-8-4-6-11-5-2-3-7-12(11)13/h2-3,5,7,13H,4,6,8-10H2,1H3,(H,15,16)/t13-/m0/s1. The Bertz CT molecular complexity index is 390. The second-order valence-electron chi connectivity index (χ2n) is 4.43. The molecule has 1 atom stereocenters. The highest BCUT2D eigenvalue weighted by Gasteiger charge is 2.25. The summed E-state index contributed by atoms with van der Waals surface area (Å²) in [6, 6.07) is 8.27. The molecule has 0 saturated carbocycles. The average molecular weight is 233 g/mol. The number of hydrogen-bond donors (Lipinski definition) is 1. The summed E-state index contributed by atoms with van der Waals surface area (Å²) in [7, 11) is 1.64. The van der Waals surface area contributed by atoms with Gasteiger partial charge in [0.25, 0.3) is 0 Å². The van der Waals surface area contributed by atoms with Crippen LogP contribution in [0.3, 0.4) is 0 Å². The fraction of sp³-hybridized carbons (Fsp3) is 0.500. The van der Waals surface area contributed by atoms with Crippen LogP contribution in [0.5, 0.6) is 0 Å². The minimum absolute atomic E-state index is 0.0248. The molecule has 3 heteroatoms. The van der Waals surface area contributed by atoms with Crippen molar-refractivity contribution in [2.45, 2.75) is 25.2 Å². The fourth-order valence-corrected chi connectivity index (χ4v) is 2.43. The van der Waals surface area contributed by atoms with E-state index in [1.165, 1.54) is 11.1 Å². The van der Waals surface area contributed by atoms with E-state index in [2.05, 4.69) is 17.4 Å². The number of carbonyl (C=O) groups excluding carboxylic acids is 1. The van der Waals surface area contributed by atoms with Crippen LogP contribution in [0.15, 0.2) is 24.3 Å². The normalized spacial score (nSPS) is 18.5. The number of fused-ring (bicyclic) bond motifs is 1. The SMILES string of the molecule is COCCNC(=O)[C@H]1CCCc2ccccc21. The maximum atomic E-state index is 12.1. The van der Waals surface area contributed by atoms with E-state index in [1.54, 1.807) is 7.11 Å². The van der Waals surface area contributed by atoms with Crippen LogP contribution in [0, 0.1) is 0 Å². The molecule has 1 aromatic carbocycles. The van der Waals surface area contributed by atoms with E-state index in [-0.39, 0.29) is 11.8 Å². The zero-order chi connectivity index (χ0) is 12.1. The van der Waals surface area contributed by atoms with Gasteiger partial charge in [0.05, 0.1) is 12.5 Å². The van der Waals surface area contributed by atoms with E-state index < -0.39 is 0 Å². The maximum absolute atomic E-state index is 12.1. The number of ether oxygens (including phenoxy) is 1. The van der Waals surface area contributed by atoms with Crippen LogP contribution in [0.2, 0.25) is 0 Å². The minimum atomic E-state index is 0.0248. The van der Waals surface area contributed by atoms with E-state index in [0.717, 1.165) is 19.3 Å². The van der Waals surface area contributed by atoms with E-state index >= 15 is 0 Å². The Morgan fingerprint density at radius 1 is 1.47 bits per heavy atom. The van der Waals surface area contributed by atoms with Crippen molar-refractivity contribution in [2.24, 2.45) is 0 Å². The number of hydrogen-bond acceptors (Lipinski definition) is 2. The van der Waals surface area contributed by atoms with Crippen molar-refractivity contribution < 1.29 is 9.53 Å². The molecular formula is C14H19NO2. The van der Waals surface area contributed by atoms with Crippen LogP contribution in [0.1, 0.15) is 29.9 Å². The van der Waals surface area contributed by atoms with Crippen LogP contribution >= 0.6 is 0 Å². The third kappa shape index (κ3) is 2.86. The van der Waals surface area contributed by atoms with Gasteiger partial charge in [0.15, 0.2) is 0 Å². The van der Waals surface area contributed by atoms with Gasteiger partial charge in [-0.25, -0.2) is 0 Å². The molecule has 0 unspecified atom stereocenters. The summed E-state index contributed by atoms with van der Waals surface area (Å²) in [5, 5.41) is 2.93. The van der Waals surface area contributed by atoms with E-state index in [9.17, 15) is 4.79 Å². The summed E-state index contributed by atoms with van der Waals surface area (Å²) in [5.41, 5.74) is 2.53. The summed E-state index contributed by atoms with van der Waals surface area (Å²) >= 11 is 0. The zero-order valence-corrected chi connectivity index (χ0v) is 10.2. The topological polar surface area (TPSA) is 38.3 Å². The molecule has 1 aromatic rings. The van der Waals surface area contributed by atoms with Gasteiger partial charge in [-0.3, -0.25) is 4.79 Å². The van der Waals surface area contributed by atoms with Gasteiger partial charge in [0, 0.05) is 13.7 Å². The van der Waals surface area contributed by atoms with E-state index in [1.807, 2.05) is 12.1 Å². The molecular weight excluding hydrogens is 214 g/mol. The van der Waals surface area contributed by atoms with Gasteiger partial charge in [-0.15, -0.1) is 0 Å². The molecule has 0 bridgehead atoms. The number of benzene rings is 1. The highest BCUT2D eigenvalue weighted by Crippen LogP contribution is 2.31. The molecule has 92 valence electrons. The van der Waals surface area contributed by atoms with Crippen molar-refractivity contribution in [1.29, 1.82) is 0 Å². The highest BCUT2D eigenvalue weighted by atomic mass is 16.5. The molecule has 0 radical (unpaired) electrons. The number of methoxy groups -OCH3 is 1. The van der Waals surface area contributed by atoms with Crippen molar-refractivity contribution in [1.82, 2.24) is 5.32 Å². The quantitative estimate of drug-likeness (QED) is 0.806. The van der Waals surface area contributed by atoms with Gasteiger partial charge in [0.1, 0.15) is 0 Å². The molecule has 0 spiro atoms. The lowest BCUT2D eigenvalue weighted by molar-refractivity contribution is -0.123. The van der Waals surface area contributed by atoms with Gasteiger partial charge >= 0.3 is 0 Å². The van der Waals surface area contributed by atoms with Gasteiger partial charge in [-0.2, -0.15) is 0 Å². The second-order valence-corrected chi connectivity index (χ2v) is 4.43. The molecule has 0 aliphatic heterocycles. The lowest BCUT2D eigenvalue weighted by Crippen LogP contribution is -2.33. The lowest BCUT2D eigenvalue weighted by Gasteiger charge is -2.24. The molecule has 0 heterocycles. The molecule has 1 amide bonds. The van der Waals surface area contributed by atoms with E-state index in [0.29, 0.717) is 13.2 Å². The Balaban J connectivity index is 2.05. The smallest absolute Gasteiger partial charge is 0.227 e. The molecule has 0 saturated heterocycles. The van der Waals surface area contributed by atoms with Crippen LogP contribution in [0.25, 0.3) is 0 Å². The van der Waals surface area contributed by atoms with Crippen molar-refractivity contribution in [2.75, 3.05) is 20.3 Å². The predicted molar refractivity (Wildman–Crippen MR) is 67.0 cm³/mol. The van der Waals surface area contributed by atoms with Crippen LogP contribution < -0.4 is 5.32 Å². The number of amides is 1. The number of rotatable bonds is 4. The van der Waals surface area contributed by atoms with Crippen molar-refractivity contribution in [3.05, 3.63) is 35.4 Å². The maximum Gasteiger partial charge on any atom is 0.227 e. The Morgan fingerprint density at radius 3 is 3.12 bits per heavy atom. The second kappa shape index (κ2) is 5.82. The molecule has 17 heavy (non-hydrogen) atoms. The van der Waals surface area contributed by atoms with Gasteiger partial charge in [-0.05, 0) is 30.4 Å². The van der Waals surface area contributed by atoms with Gasteiger partial charge < -0.3 is 10.1 Å². The summed E-state index contributed by atoms with van der Waals surface area (Å²) in [6.45, 7) is 1.16. The Labute approximate surface area is 102 Å². The number of aryl methyl sites for hydroxylation is 1. The van der Waals surface area contributed by atoms with Gasteiger partial charge in [-0.1, -0.05) is 24.3 Å². The van der Waals surface area contributed by atoms with Crippen LogP contribution in [-0.4, -0.2) is 26.2 Å². The first kappa shape index (κ1) is 12.1. The number of nitrogens with one attached hydrogen (secondary N) is 1. The monoisotopic (exact) mass is 233 g/mol. The molecule has 3 nitrogen and oxygen atoms in total. The fourth-order valence-electron chi connectivity index (χ4n) is 2.43. The largest absolute Gasteiger partial charge is 0.383 e. The third-order valence-electron chi connectivity index (χ3n) is 3.29. The van der Waals surface area contributed by atoms with Crippen molar-refractivity contribution >= 4 is 5.91 Å². The Morgan fingerprint density at radius 2 is 2.29 bits per heavy atom. The Hall–Kier alpha value is -1.35. The summed E-state index contributed by atoms with van der Waals surface area (Å²) < 4.78 is 4.93. The molecule has 1 N–H and O–H groups in total. The summed E-state index contributed by atoms with van der Waals surface area (Å²) in [4.78, 5) is 12.1. The molecule has 0 aromatic heterocycles. The third-order valence-corrected chi connectivity index (χ3v) is 3.29. The van der Waals surface area contributed by atoms with Crippen molar-refractivity contribution in [3.63, 3.8) is 0 Å². The first-order valence-corrected chi connectivity index (χ1v) is 6.17. The first-order chi connectivity index (χ1) is 8.33. The summed E-state index contributed by atoms with van der Waals surface area (Å²) in [5.74, 6) is 0.158. The van der Waals surface area contributed by atoms with Crippen LogP contribution in [-0.2, 0) is 16.0 Å². The summed E-state index contributed by atoms with van der Waals surface area (Å²) in [6.07, 6.45) is 3.15. The first-order valence-electron chi connectivity index (χ1n) is 6.17. The molecule has 1 aliphatic rings. The number of carbonyl (C=O) groups is 1. The van der Waals surface area contributed by atoms with E-state index in [4.69, 9.17) is 4.74 Å². The zero-order valence-electron chi connectivity index (χ0n) is 10.2. The average Bonchev–Trinajstić information content (AvgIpc) is 2.38. The van der Waals surface area contributed by atoms with Crippen molar-refractivity contribution in [3.8, 4) is 0 Å². The molecule has 2 rings (SSSR count). The Kier molecular flexibility index (Phi) is 4.15. The lowest BCUT2D eigenvalue weighted by atomic mass is 9.82. The van der Waals surface area contributed by atoms with Crippen LogP contribution in [0.4, 0.5) is 0 Å². The molecule has 1 aliphatic carbocycles.